The molecule has 0 N–H and O–H groups in total. The Hall–Kier alpha value is -1.81. The van der Waals surface area contributed by atoms with Gasteiger partial charge in [0.15, 0.2) is 5.94 Å². The van der Waals surface area contributed by atoms with Crippen LogP contribution in [-0.4, -0.2) is 5.94 Å². The van der Waals surface area contributed by atoms with E-state index in [1.54, 1.807) is 5.94 Å². The van der Waals surface area contributed by atoms with Crippen molar-refractivity contribution in [2.45, 2.75) is 53.9 Å². The summed E-state index contributed by atoms with van der Waals surface area (Å²) in [6.07, 6.45) is 14.0. The lowest BCUT2D eigenvalue weighted by Crippen LogP contribution is -2.19. The average Bonchev–Trinajstić information content (AvgIpc) is 2.37. The van der Waals surface area contributed by atoms with Crippen LogP contribution in [0.4, 0.5) is 0 Å². The van der Waals surface area contributed by atoms with E-state index in [9.17, 15) is 4.79 Å². The molecule has 1 rings (SSSR count). The van der Waals surface area contributed by atoms with Crippen LogP contribution in [0, 0.1) is 5.41 Å². The zero-order valence-electron chi connectivity index (χ0n) is 13.9. The van der Waals surface area contributed by atoms with Crippen molar-refractivity contribution in [3.05, 3.63) is 58.4 Å². The molecular formula is C20H26O. The van der Waals surface area contributed by atoms with Gasteiger partial charge in [0.25, 0.3) is 0 Å². The quantitative estimate of drug-likeness (QED) is 0.378. The molecule has 1 heteroatoms. The highest BCUT2D eigenvalue weighted by molar-refractivity contribution is 5.47. The summed E-state index contributed by atoms with van der Waals surface area (Å²) in [5.41, 5.74) is 7.73. The molecule has 21 heavy (non-hydrogen) atoms. The summed E-state index contributed by atoms with van der Waals surface area (Å²) in [4.78, 5) is 10.2. The van der Waals surface area contributed by atoms with Gasteiger partial charge in [-0.2, -0.15) is 0 Å². The Labute approximate surface area is 129 Å². The summed E-state index contributed by atoms with van der Waals surface area (Å²) in [6.45, 7) is 10.8. The maximum Gasteiger partial charge on any atom is 0.177 e. The first-order valence-corrected chi connectivity index (χ1v) is 7.57. The molecule has 0 atom stereocenters. The zero-order chi connectivity index (χ0) is 15.9. The van der Waals surface area contributed by atoms with Crippen LogP contribution >= 0.6 is 0 Å². The molecule has 0 spiro atoms. The average molecular weight is 282 g/mol. The normalized spacial score (nSPS) is 19.0. The number of rotatable bonds is 4. The van der Waals surface area contributed by atoms with Gasteiger partial charge < -0.3 is 0 Å². The van der Waals surface area contributed by atoms with E-state index in [2.05, 4.69) is 45.6 Å². The van der Waals surface area contributed by atoms with E-state index in [1.807, 2.05) is 25.2 Å². The minimum absolute atomic E-state index is 0.281. The molecule has 0 aromatic heterocycles. The summed E-state index contributed by atoms with van der Waals surface area (Å²) in [7, 11) is 0. The predicted molar refractivity (Wildman–Crippen MR) is 90.8 cm³/mol. The number of hydrogen-bond donors (Lipinski definition) is 0. The van der Waals surface area contributed by atoms with E-state index in [0.717, 1.165) is 5.57 Å². The Balaban J connectivity index is 2.85. The molecule has 0 saturated heterocycles. The molecule has 112 valence electrons. The van der Waals surface area contributed by atoms with Gasteiger partial charge in [0.2, 0.25) is 0 Å². The van der Waals surface area contributed by atoms with Crippen LogP contribution in [0.2, 0.25) is 0 Å². The second-order valence-corrected chi connectivity index (χ2v) is 6.44. The molecular weight excluding hydrogens is 256 g/mol. The second kappa shape index (κ2) is 7.84. The first kappa shape index (κ1) is 17.2. The third kappa shape index (κ3) is 5.60. The lowest BCUT2D eigenvalue weighted by molar-refractivity contribution is 0.377. The van der Waals surface area contributed by atoms with E-state index in [0.29, 0.717) is 0 Å². The van der Waals surface area contributed by atoms with Gasteiger partial charge in [0, 0.05) is 5.57 Å². The number of allylic oxidation sites excluding steroid dienone is 9. The molecule has 0 saturated carbocycles. The van der Waals surface area contributed by atoms with Crippen molar-refractivity contribution in [2.75, 3.05) is 0 Å². The van der Waals surface area contributed by atoms with Gasteiger partial charge in [-0.15, -0.1) is 0 Å². The molecule has 1 aliphatic carbocycles. The summed E-state index contributed by atoms with van der Waals surface area (Å²) < 4.78 is 0. The Morgan fingerprint density at radius 3 is 2.57 bits per heavy atom. The summed E-state index contributed by atoms with van der Waals surface area (Å²) >= 11 is 0. The number of carbonyl (C=O) groups excluding carboxylic acids is 1. The van der Waals surface area contributed by atoms with Crippen LogP contribution in [-0.2, 0) is 4.79 Å². The fraction of sp³-hybridized carbons (Fsp3) is 0.450. The van der Waals surface area contributed by atoms with Crippen LogP contribution in [0.1, 0.15) is 53.9 Å². The van der Waals surface area contributed by atoms with Crippen molar-refractivity contribution in [1.82, 2.24) is 0 Å². The van der Waals surface area contributed by atoms with Crippen LogP contribution in [0.5, 0.6) is 0 Å². The lowest BCUT2D eigenvalue weighted by Gasteiger charge is -2.32. The minimum atomic E-state index is 0.281. The van der Waals surface area contributed by atoms with E-state index in [4.69, 9.17) is 0 Å². The maximum absolute atomic E-state index is 10.2. The summed E-state index contributed by atoms with van der Waals surface area (Å²) in [6, 6.07) is 0. The maximum atomic E-state index is 10.2. The van der Waals surface area contributed by atoms with Gasteiger partial charge in [-0.25, -0.2) is 4.79 Å². The van der Waals surface area contributed by atoms with Gasteiger partial charge in [-0.3, -0.25) is 0 Å². The van der Waals surface area contributed by atoms with Crippen LogP contribution in [0.25, 0.3) is 0 Å². The second-order valence-electron chi connectivity index (χ2n) is 6.44. The molecule has 0 heterocycles. The SMILES string of the molecule is CC(=C=C=O)C=CC=C(C)C=CC1=C(C)CCCC1(C)C. The molecule has 1 aliphatic rings. The molecule has 1 nitrogen and oxygen atoms in total. The van der Waals surface area contributed by atoms with Crippen molar-refractivity contribution in [1.29, 1.82) is 0 Å². The van der Waals surface area contributed by atoms with Crippen LogP contribution in [0.3, 0.4) is 0 Å². The lowest BCUT2D eigenvalue weighted by atomic mass is 9.72. The zero-order valence-corrected chi connectivity index (χ0v) is 13.9. The highest BCUT2D eigenvalue weighted by atomic mass is 16.1. The topological polar surface area (TPSA) is 17.1 Å². The molecule has 0 bridgehead atoms. The predicted octanol–water partition coefficient (Wildman–Crippen LogP) is 5.50. The van der Waals surface area contributed by atoms with Crippen molar-refractivity contribution >= 4 is 5.94 Å². The smallest absolute Gasteiger partial charge is 0.177 e. The Kier molecular flexibility index (Phi) is 6.43. The summed E-state index contributed by atoms with van der Waals surface area (Å²) in [5.74, 6) is 1.66. The van der Waals surface area contributed by atoms with E-state index in [1.165, 1.54) is 36.0 Å². The molecule has 0 aromatic carbocycles. The highest BCUT2D eigenvalue weighted by Crippen LogP contribution is 2.40. The van der Waals surface area contributed by atoms with Crippen molar-refractivity contribution < 1.29 is 4.79 Å². The monoisotopic (exact) mass is 282 g/mol. The van der Waals surface area contributed by atoms with Crippen molar-refractivity contribution in [2.24, 2.45) is 5.41 Å². The Morgan fingerprint density at radius 2 is 1.95 bits per heavy atom. The molecule has 0 fully saturated rings. The largest absolute Gasteiger partial charge is 0.224 e. The van der Waals surface area contributed by atoms with Gasteiger partial charge in [0.05, 0.1) is 0 Å². The van der Waals surface area contributed by atoms with Crippen LogP contribution in [0.15, 0.2) is 58.4 Å². The Morgan fingerprint density at radius 1 is 1.24 bits per heavy atom. The first-order valence-electron chi connectivity index (χ1n) is 7.57. The Bertz CT molecular complexity index is 581. The summed E-state index contributed by atoms with van der Waals surface area (Å²) in [5, 5.41) is 0. The van der Waals surface area contributed by atoms with E-state index < -0.39 is 0 Å². The third-order valence-electron chi connectivity index (χ3n) is 4.01. The number of hydrogen-bond acceptors (Lipinski definition) is 1. The highest BCUT2D eigenvalue weighted by Gasteiger charge is 2.26. The molecule has 0 radical (unpaired) electrons. The van der Waals surface area contributed by atoms with Crippen molar-refractivity contribution in [3.63, 3.8) is 0 Å². The van der Waals surface area contributed by atoms with E-state index >= 15 is 0 Å². The van der Waals surface area contributed by atoms with Gasteiger partial charge in [-0.1, -0.05) is 55.4 Å². The molecule has 0 aromatic rings. The van der Waals surface area contributed by atoms with Gasteiger partial charge in [-0.05, 0) is 56.8 Å². The first-order chi connectivity index (χ1) is 9.86. The van der Waals surface area contributed by atoms with Crippen molar-refractivity contribution in [3.8, 4) is 0 Å². The fourth-order valence-corrected chi connectivity index (χ4v) is 2.75. The molecule has 0 aliphatic heterocycles. The van der Waals surface area contributed by atoms with Crippen LogP contribution < -0.4 is 0 Å². The standard InChI is InChI=1S/C20H26O/c1-16(8-6-9-17(2)13-15-21)11-12-19-18(3)10-7-14-20(19,4)5/h6,8-9,11-12H,7,10,14H2,1-5H3. The third-order valence-corrected chi connectivity index (χ3v) is 4.01. The fourth-order valence-electron chi connectivity index (χ4n) is 2.75. The molecule has 0 unspecified atom stereocenters. The minimum Gasteiger partial charge on any atom is -0.224 e. The molecule has 0 amide bonds. The van der Waals surface area contributed by atoms with E-state index in [-0.39, 0.29) is 5.41 Å². The van der Waals surface area contributed by atoms with Gasteiger partial charge in [0.1, 0.15) is 0 Å². The van der Waals surface area contributed by atoms with Gasteiger partial charge >= 0.3 is 0 Å².